The zero-order valence-electron chi connectivity index (χ0n) is 12.0. The number of aromatic amines is 1. The van der Waals surface area contributed by atoms with Gasteiger partial charge in [0.25, 0.3) is 5.56 Å². The van der Waals surface area contributed by atoms with Crippen molar-refractivity contribution < 1.29 is 4.79 Å². The van der Waals surface area contributed by atoms with Crippen LogP contribution in [0.4, 0.5) is 11.5 Å². The molecule has 0 bridgehead atoms. The lowest BCUT2D eigenvalue weighted by atomic mass is 9.99. The Bertz CT molecular complexity index is 839. The van der Waals surface area contributed by atoms with Gasteiger partial charge >= 0.3 is 0 Å². The summed E-state index contributed by atoms with van der Waals surface area (Å²) in [6.45, 7) is 1.45. The van der Waals surface area contributed by atoms with E-state index in [4.69, 9.17) is 5.73 Å². The van der Waals surface area contributed by atoms with Crippen LogP contribution in [0.3, 0.4) is 0 Å². The number of nitrogens with two attached hydrogens (primary N) is 1. The maximum Gasteiger partial charge on any atom is 0.292 e. The fraction of sp³-hybridized carbons (Fsp3) is 0.333. The highest BCUT2D eigenvalue weighted by molar-refractivity contribution is 6.07. The number of hydrogen-bond donors (Lipinski definition) is 3. The minimum Gasteiger partial charge on any atom is -0.382 e. The first-order valence-electron chi connectivity index (χ1n) is 7.42. The molecule has 0 aromatic carbocycles. The van der Waals surface area contributed by atoms with Crippen molar-refractivity contribution in [1.29, 1.82) is 0 Å². The molecule has 1 aliphatic heterocycles. The second-order valence-corrected chi connectivity index (χ2v) is 5.67. The molecule has 1 aliphatic carbocycles. The average molecular weight is 299 g/mol. The van der Waals surface area contributed by atoms with Crippen LogP contribution in [0.25, 0.3) is 0 Å². The molecule has 0 saturated heterocycles. The highest BCUT2D eigenvalue weighted by Gasteiger charge is 2.26. The van der Waals surface area contributed by atoms with Gasteiger partial charge in [-0.15, -0.1) is 0 Å². The second kappa shape index (κ2) is 4.66. The van der Waals surface area contributed by atoms with E-state index in [-0.39, 0.29) is 17.4 Å². The minimum atomic E-state index is -0.261. The zero-order chi connectivity index (χ0) is 15.3. The molecular formula is C15H17N5O2. The third-order valence-corrected chi connectivity index (χ3v) is 4.36. The fourth-order valence-electron chi connectivity index (χ4n) is 3.23. The van der Waals surface area contributed by atoms with Crippen molar-refractivity contribution in [2.45, 2.75) is 32.0 Å². The molecule has 2 aliphatic rings. The Hall–Kier alpha value is -2.70. The zero-order valence-corrected chi connectivity index (χ0v) is 12.0. The second-order valence-electron chi connectivity index (χ2n) is 5.67. The van der Waals surface area contributed by atoms with E-state index in [0.717, 1.165) is 25.1 Å². The molecule has 0 spiro atoms. The van der Waals surface area contributed by atoms with E-state index in [1.807, 2.05) is 4.68 Å². The van der Waals surface area contributed by atoms with Crippen LogP contribution in [0.5, 0.6) is 0 Å². The van der Waals surface area contributed by atoms with Gasteiger partial charge in [-0.25, -0.2) is 4.68 Å². The Kier molecular flexibility index (Phi) is 2.75. The van der Waals surface area contributed by atoms with Crippen LogP contribution in [-0.2, 0) is 13.1 Å². The van der Waals surface area contributed by atoms with Gasteiger partial charge in [0, 0.05) is 24.8 Å². The number of H-pyrrole nitrogens is 1. The first-order chi connectivity index (χ1) is 10.7. The van der Waals surface area contributed by atoms with E-state index in [2.05, 4.69) is 10.3 Å². The predicted molar refractivity (Wildman–Crippen MR) is 83.0 cm³/mol. The normalized spacial score (nSPS) is 19.8. The van der Waals surface area contributed by atoms with Crippen molar-refractivity contribution >= 4 is 17.3 Å². The summed E-state index contributed by atoms with van der Waals surface area (Å²) in [5.41, 5.74) is 7.84. The minimum absolute atomic E-state index is 0.0323. The van der Waals surface area contributed by atoms with E-state index in [1.54, 1.807) is 23.0 Å². The van der Waals surface area contributed by atoms with Gasteiger partial charge in [-0.05, 0) is 25.0 Å². The van der Waals surface area contributed by atoms with Crippen LogP contribution in [0.2, 0.25) is 0 Å². The van der Waals surface area contributed by atoms with Crippen molar-refractivity contribution in [3.8, 4) is 0 Å². The van der Waals surface area contributed by atoms with Crippen molar-refractivity contribution in [1.82, 2.24) is 14.3 Å². The molecule has 0 fully saturated rings. The maximum atomic E-state index is 12.5. The van der Waals surface area contributed by atoms with Gasteiger partial charge < -0.3 is 16.0 Å². The number of hydrogen-bond acceptors (Lipinski definition) is 4. The summed E-state index contributed by atoms with van der Waals surface area (Å²) < 4.78 is 3.52. The molecule has 1 unspecified atom stereocenters. The van der Waals surface area contributed by atoms with Crippen molar-refractivity contribution in [3.05, 3.63) is 46.0 Å². The Morgan fingerprint density at radius 3 is 2.77 bits per heavy atom. The smallest absolute Gasteiger partial charge is 0.292 e. The third-order valence-electron chi connectivity index (χ3n) is 4.36. The van der Waals surface area contributed by atoms with E-state index in [1.165, 1.54) is 6.08 Å². The molecule has 4 N–H and O–H groups in total. The van der Waals surface area contributed by atoms with Gasteiger partial charge in [0.1, 0.15) is 11.5 Å². The summed E-state index contributed by atoms with van der Waals surface area (Å²) in [7, 11) is 0. The maximum absolute atomic E-state index is 12.5. The Balaban J connectivity index is 1.74. The topological polar surface area (TPSA) is 97.8 Å². The van der Waals surface area contributed by atoms with Crippen LogP contribution in [-0.4, -0.2) is 20.1 Å². The highest BCUT2D eigenvalue weighted by atomic mass is 16.1. The number of anilines is 2. The lowest BCUT2D eigenvalue weighted by Crippen LogP contribution is -2.28. The first-order valence-corrected chi connectivity index (χ1v) is 7.42. The molecule has 0 saturated carbocycles. The van der Waals surface area contributed by atoms with E-state index in [0.29, 0.717) is 23.6 Å². The lowest BCUT2D eigenvalue weighted by Gasteiger charge is -2.19. The molecule has 22 heavy (non-hydrogen) atoms. The molecule has 7 heteroatoms. The average Bonchev–Trinajstić information content (AvgIpc) is 3.11. The summed E-state index contributed by atoms with van der Waals surface area (Å²) in [6, 6.07) is 1.49. The summed E-state index contributed by atoms with van der Waals surface area (Å²) >= 11 is 0. The monoisotopic (exact) mass is 299 g/mol. The molecule has 2 aromatic rings. The molecule has 2 aromatic heterocycles. The summed E-state index contributed by atoms with van der Waals surface area (Å²) in [5, 5.41) is 3.19. The largest absolute Gasteiger partial charge is 0.382 e. The van der Waals surface area contributed by atoms with Crippen LogP contribution in [0.1, 0.15) is 34.9 Å². The molecule has 114 valence electrons. The predicted octanol–water partition coefficient (Wildman–Crippen LogP) is 1.26. The van der Waals surface area contributed by atoms with Gasteiger partial charge in [0.05, 0.1) is 11.7 Å². The van der Waals surface area contributed by atoms with Crippen LogP contribution in [0, 0.1) is 0 Å². The van der Waals surface area contributed by atoms with Gasteiger partial charge in [-0.1, -0.05) is 6.08 Å². The molecule has 1 atom stereocenters. The van der Waals surface area contributed by atoms with Crippen LogP contribution >= 0.6 is 0 Å². The van der Waals surface area contributed by atoms with Crippen LogP contribution in [0.15, 0.2) is 29.2 Å². The molecule has 4 rings (SSSR count). The number of nitrogens with one attached hydrogen (secondary N) is 2. The molecule has 0 amide bonds. The Morgan fingerprint density at radius 2 is 2.00 bits per heavy atom. The SMILES string of the molecule is Nc1c(NC2C=CC(=O)c3cc[nH]c32)c(=O)n2n1CCCC2. The number of aromatic nitrogens is 3. The molecule has 0 radical (unpaired) electrons. The number of ketones is 1. The number of carbonyl (C=O) groups is 1. The fourth-order valence-corrected chi connectivity index (χ4v) is 3.23. The van der Waals surface area contributed by atoms with Crippen LogP contribution < -0.4 is 16.6 Å². The van der Waals surface area contributed by atoms with Crippen molar-refractivity contribution in [3.63, 3.8) is 0 Å². The number of carbonyl (C=O) groups excluding carboxylic acids is 1. The van der Waals surface area contributed by atoms with E-state index < -0.39 is 0 Å². The Labute approximate surface area is 126 Å². The lowest BCUT2D eigenvalue weighted by molar-refractivity contribution is 0.104. The number of fused-ring (bicyclic) bond motifs is 2. The number of allylic oxidation sites excluding steroid dienone is 1. The van der Waals surface area contributed by atoms with Gasteiger partial charge in [-0.2, -0.15) is 0 Å². The number of rotatable bonds is 2. The van der Waals surface area contributed by atoms with Gasteiger partial charge in [-0.3, -0.25) is 14.3 Å². The first kappa shape index (κ1) is 13.0. The molecular weight excluding hydrogens is 282 g/mol. The number of nitrogens with zero attached hydrogens (tertiary/aromatic N) is 2. The summed E-state index contributed by atoms with van der Waals surface area (Å²) in [5.74, 6) is 0.429. The molecule has 7 nitrogen and oxygen atoms in total. The quantitative estimate of drug-likeness (QED) is 0.777. The van der Waals surface area contributed by atoms with Gasteiger partial charge in [0.2, 0.25) is 0 Å². The summed E-state index contributed by atoms with van der Waals surface area (Å²) in [4.78, 5) is 27.4. The Morgan fingerprint density at radius 1 is 1.23 bits per heavy atom. The summed E-state index contributed by atoms with van der Waals surface area (Å²) in [6.07, 6.45) is 7.02. The molecule has 3 heterocycles. The third kappa shape index (κ3) is 1.75. The highest BCUT2D eigenvalue weighted by Crippen LogP contribution is 2.29. The number of nitrogen functional groups attached to an aromatic ring is 1. The standard InChI is InChI=1S/C15H17N5O2/c16-14-13(15(22)20-8-2-1-7-19(14)20)18-10-3-4-11(21)9-5-6-17-12(9)10/h3-6,10,17-18H,1-2,7-8,16H2. The van der Waals surface area contributed by atoms with E-state index in [9.17, 15) is 9.59 Å². The van der Waals surface area contributed by atoms with E-state index >= 15 is 0 Å². The van der Waals surface area contributed by atoms with Crippen molar-refractivity contribution in [2.75, 3.05) is 11.1 Å². The van der Waals surface area contributed by atoms with Gasteiger partial charge in [0.15, 0.2) is 5.78 Å². The van der Waals surface area contributed by atoms with Crippen molar-refractivity contribution in [2.24, 2.45) is 0 Å².